The van der Waals surface area contributed by atoms with Gasteiger partial charge in [-0.1, -0.05) is 68.9 Å². The van der Waals surface area contributed by atoms with Crippen LogP contribution in [0.15, 0.2) is 42.0 Å². The molecule has 0 unspecified atom stereocenters. The molecule has 0 bridgehead atoms. The number of carbonyl (C=O) groups excluding carboxylic acids is 3. The minimum Gasteiger partial charge on any atom is -0.493 e. The van der Waals surface area contributed by atoms with Gasteiger partial charge >= 0.3 is 0 Å². The van der Waals surface area contributed by atoms with E-state index in [9.17, 15) is 14.4 Å². The molecule has 5 heteroatoms. The van der Waals surface area contributed by atoms with Crippen LogP contribution in [0.5, 0.6) is 5.75 Å². The van der Waals surface area contributed by atoms with Gasteiger partial charge in [0.05, 0.1) is 18.6 Å². The van der Waals surface area contributed by atoms with Gasteiger partial charge in [-0.15, -0.1) is 0 Å². The van der Waals surface area contributed by atoms with Crippen molar-refractivity contribution in [2.24, 2.45) is 5.92 Å². The van der Waals surface area contributed by atoms with Crippen molar-refractivity contribution in [3.63, 3.8) is 0 Å². The van der Waals surface area contributed by atoms with E-state index in [4.69, 9.17) is 4.74 Å². The first-order valence-corrected chi connectivity index (χ1v) is 11.4. The molecular formula is C26H29NO4. The van der Waals surface area contributed by atoms with Gasteiger partial charge in [-0.25, -0.2) is 0 Å². The van der Waals surface area contributed by atoms with Crippen LogP contribution in [0.3, 0.4) is 0 Å². The number of hydrogen-bond acceptors (Lipinski definition) is 4. The SMILES string of the molecule is O=C1CC(=O)/C(=C\c2ccc(OCCCCC3CCCCC3)c3ccccc23)C(=O)N1. The second-order valence-electron chi connectivity index (χ2n) is 8.58. The molecule has 2 aliphatic rings. The Morgan fingerprint density at radius 2 is 1.71 bits per heavy atom. The highest BCUT2D eigenvalue weighted by Gasteiger charge is 2.28. The van der Waals surface area contributed by atoms with E-state index in [1.165, 1.54) is 44.9 Å². The lowest BCUT2D eigenvalue weighted by Gasteiger charge is -2.21. The number of amides is 2. The maximum Gasteiger partial charge on any atom is 0.261 e. The maximum atomic E-state index is 12.2. The number of piperidine rings is 1. The lowest BCUT2D eigenvalue weighted by molar-refractivity contribution is -0.134. The number of carbonyl (C=O) groups is 3. The van der Waals surface area contributed by atoms with Crippen molar-refractivity contribution in [3.8, 4) is 5.75 Å². The molecule has 5 nitrogen and oxygen atoms in total. The summed E-state index contributed by atoms with van der Waals surface area (Å²) in [6, 6.07) is 11.6. The Bertz CT molecular complexity index is 995. The highest BCUT2D eigenvalue weighted by atomic mass is 16.5. The summed E-state index contributed by atoms with van der Waals surface area (Å²) in [5, 5.41) is 4.07. The summed E-state index contributed by atoms with van der Waals surface area (Å²) in [7, 11) is 0. The first kappa shape index (κ1) is 21.3. The average molecular weight is 420 g/mol. The van der Waals surface area contributed by atoms with E-state index in [0.29, 0.717) is 6.61 Å². The third-order valence-corrected chi connectivity index (χ3v) is 6.33. The number of unbranched alkanes of at least 4 members (excludes halogenated alkanes) is 1. The number of Topliss-reactive ketones (excluding diaryl/α,β-unsaturated/α-hetero) is 1. The molecule has 31 heavy (non-hydrogen) atoms. The molecule has 2 amide bonds. The Balaban J connectivity index is 1.44. The van der Waals surface area contributed by atoms with E-state index >= 15 is 0 Å². The quantitative estimate of drug-likeness (QED) is 0.226. The lowest BCUT2D eigenvalue weighted by atomic mass is 9.86. The van der Waals surface area contributed by atoms with Crippen LogP contribution in [0.4, 0.5) is 0 Å². The monoisotopic (exact) mass is 419 g/mol. The second kappa shape index (κ2) is 9.90. The number of benzene rings is 2. The van der Waals surface area contributed by atoms with Gasteiger partial charge in [-0.2, -0.15) is 0 Å². The molecule has 2 fully saturated rings. The molecule has 0 atom stereocenters. The number of hydrogen-bond donors (Lipinski definition) is 1. The number of imide groups is 1. The van der Waals surface area contributed by atoms with Crippen molar-refractivity contribution >= 4 is 34.4 Å². The van der Waals surface area contributed by atoms with Crippen molar-refractivity contribution in [1.82, 2.24) is 5.32 Å². The molecule has 1 N–H and O–H groups in total. The maximum absolute atomic E-state index is 12.2. The summed E-state index contributed by atoms with van der Waals surface area (Å²) in [5.41, 5.74) is 0.772. The average Bonchev–Trinajstić information content (AvgIpc) is 2.77. The summed E-state index contributed by atoms with van der Waals surface area (Å²) in [6.07, 6.45) is 11.8. The third kappa shape index (κ3) is 5.22. The fraction of sp³-hybridized carbons (Fsp3) is 0.423. The molecule has 1 aliphatic carbocycles. The van der Waals surface area contributed by atoms with Gasteiger partial charge in [-0.05, 0) is 41.9 Å². The molecule has 1 saturated carbocycles. The van der Waals surface area contributed by atoms with E-state index in [1.54, 1.807) is 6.08 Å². The van der Waals surface area contributed by atoms with E-state index in [1.807, 2.05) is 36.4 Å². The molecule has 162 valence electrons. The molecule has 0 aromatic heterocycles. The van der Waals surface area contributed by atoms with Gasteiger partial charge in [0.1, 0.15) is 5.75 Å². The van der Waals surface area contributed by atoms with Crippen molar-refractivity contribution < 1.29 is 19.1 Å². The highest BCUT2D eigenvalue weighted by Crippen LogP contribution is 2.31. The molecular weight excluding hydrogens is 390 g/mol. The predicted octanol–water partition coefficient (Wildman–Crippen LogP) is 4.97. The lowest BCUT2D eigenvalue weighted by Crippen LogP contribution is -2.40. The molecule has 0 spiro atoms. The van der Waals surface area contributed by atoms with Crippen LogP contribution in [0, 0.1) is 5.92 Å². The molecule has 0 radical (unpaired) electrons. The van der Waals surface area contributed by atoms with Crippen LogP contribution in [-0.4, -0.2) is 24.2 Å². The Morgan fingerprint density at radius 1 is 0.935 bits per heavy atom. The van der Waals surface area contributed by atoms with Crippen LogP contribution in [0.25, 0.3) is 16.8 Å². The molecule has 2 aromatic carbocycles. The second-order valence-corrected chi connectivity index (χ2v) is 8.58. The minimum absolute atomic E-state index is 0.0149. The highest BCUT2D eigenvalue weighted by molar-refractivity contribution is 6.32. The van der Waals surface area contributed by atoms with Crippen LogP contribution in [0.1, 0.15) is 63.4 Å². The van der Waals surface area contributed by atoms with Crippen molar-refractivity contribution in [3.05, 3.63) is 47.5 Å². The van der Waals surface area contributed by atoms with Gasteiger partial charge in [-0.3, -0.25) is 19.7 Å². The summed E-state index contributed by atoms with van der Waals surface area (Å²) >= 11 is 0. The first-order chi connectivity index (χ1) is 15.1. The van der Waals surface area contributed by atoms with Crippen LogP contribution in [0.2, 0.25) is 0 Å². The van der Waals surface area contributed by atoms with Gasteiger partial charge < -0.3 is 4.74 Å². The summed E-state index contributed by atoms with van der Waals surface area (Å²) < 4.78 is 6.10. The molecule has 1 saturated heterocycles. The van der Waals surface area contributed by atoms with Crippen LogP contribution < -0.4 is 10.1 Å². The fourth-order valence-electron chi connectivity index (χ4n) is 4.65. The number of ketones is 1. The van der Waals surface area contributed by atoms with E-state index in [0.717, 1.165) is 34.4 Å². The normalized spacial score (nSPS) is 19.1. The third-order valence-electron chi connectivity index (χ3n) is 6.33. The van der Waals surface area contributed by atoms with E-state index in [2.05, 4.69) is 5.32 Å². The van der Waals surface area contributed by atoms with Gasteiger partial charge in [0.15, 0.2) is 5.78 Å². The number of nitrogens with one attached hydrogen (secondary N) is 1. The minimum atomic E-state index is -0.636. The van der Waals surface area contributed by atoms with E-state index < -0.39 is 17.6 Å². The zero-order valence-electron chi connectivity index (χ0n) is 17.8. The van der Waals surface area contributed by atoms with Gasteiger partial charge in [0.25, 0.3) is 5.91 Å². The van der Waals surface area contributed by atoms with Crippen molar-refractivity contribution in [2.75, 3.05) is 6.61 Å². The first-order valence-electron chi connectivity index (χ1n) is 11.4. The van der Waals surface area contributed by atoms with Crippen LogP contribution >= 0.6 is 0 Å². The molecule has 2 aromatic rings. The van der Waals surface area contributed by atoms with Gasteiger partial charge in [0, 0.05) is 5.39 Å². The Hall–Kier alpha value is -2.95. The Morgan fingerprint density at radius 3 is 2.48 bits per heavy atom. The largest absolute Gasteiger partial charge is 0.493 e. The smallest absolute Gasteiger partial charge is 0.261 e. The summed E-state index contributed by atoms with van der Waals surface area (Å²) in [6.45, 7) is 0.681. The molecule has 1 aliphatic heterocycles. The number of rotatable bonds is 7. The zero-order chi connectivity index (χ0) is 21.6. The number of fused-ring (bicyclic) bond motifs is 1. The Labute approximate surface area is 182 Å². The van der Waals surface area contributed by atoms with Crippen LogP contribution in [-0.2, 0) is 14.4 Å². The summed E-state index contributed by atoms with van der Waals surface area (Å²) in [4.78, 5) is 35.6. The molecule has 4 rings (SSSR count). The predicted molar refractivity (Wildman–Crippen MR) is 121 cm³/mol. The number of ether oxygens (including phenoxy) is 1. The molecule has 1 heterocycles. The zero-order valence-corrected chi connectivity index (χ0v) is 17.8. The fourth-order valence-corrected chi connectivity index (χ4v) is 4.65. The standard InChI is InChI=1S/C26H29NO4/c28-23-17-25(29)27-26(30)22(23)16-19-13-14-24(21-12-5-4-11-20(19)21)31-15-7-6-10-18-8-2-1-3-9-18/h4-5,11-14,16,18H,1-3,6-10,15,17H2,(H,27,29,30)/b22-16+. The topological polar surface area (TPSA) is 72.5 Å². The summed E-state index contributed by atoms with van der Waals surface area (Å²) in [5.74, 6) is 0.0749. The van der Waals surface area contributed by atoms with Gasteiger partial charge in [0.2, 0.25) is 5.91 Å². The van der Waals surface area contributed by atoms with E-state index in [-0.39, 0.29) is 12.0 Å². The Kier molecular flexibility index (Phi) is 6.80. The van der Waals surface area contributed by atoms with Crippen molar-refractivity contribution in [1.29, 1.82) is 0 Å². The van der Waals surface area contributed by atoms with Crippen molar-refractivity contribution in [2.45, 2.75) is 57.8 Å².